The summed E-state index contributed by atoms with van der Waals surface area (Å²) >= 11 is 3.80. The van der Waals surface area contributed by atoms with Gasteiger partial charge in [0.1, 0.15) is 0 Å². The molecule has 0 radical (unpaired) electrons. The molecule has 0 amide bonds. The molecule has 11 aromatic carbocycles. The Morgan fingerprint density at radius 1 is 0.413 bits per heavy atom. The maximum atomic E-state index is 2.67. The number of hydrogen-bond acceptors (Lipinski definition) is 3. The van der Waals surface area contributed by atoms with Gasteiger partial charge in [0.15, 0.2) is 0 Å². The summed E-state index contributed by atoms with van der Waals surface area (Å²) in [6.07, 6.45) is 2.96. The minimum absolute atomic E-state index is 0.320. The summed E-state index contributed by atoms with van der Waals surface area (Å²) in [4.78, 5) is 2.55. The van der Waals surface area contributed by atoms with Gasteiger partial charge in [0, 0.05) is 51.7 Å². The molecule has 3 heteroatoms. The van der Waals surface area contributed by atoms with Crippen LogP contribution >= 0.6 is 22.7 Å². The zero-order valence-electron chi connectivity index (χ0n) is 42.3. The molecule has 0 saturated heterocycles. The van der Waals surface area contributed by atoms with Gasteiger partial charge in [0.05, 0.1) is 11.1 Å². The molecule has 2 aliphatic rings. The van der Waals surface area contributed by atoms with Crippen molar-refractivity contribution < 1.29 is 0 Å². The molecule has 0 aliphatic heterocycles. The van der Waals surface area contributed by atoms with E-state index >= 15 is 0 Å². The number of para-hydroxylation sites is 1. The van der Waals surface area contributed by atoms with Crippen LogP contribution < -0.4 is 4.90 Å². The smallest absolute Gasteiger partial charge is 0.0726 e. The Bertz CT molecular complexity index is 4420. The summed E-state index contributed by atoms with van der Waals surface area (Å²) in [5, 5.41) is 8.08. The van der Waals surface area contributed by atoms with Crippen molar-refractivity contribution >= 4 is 90.9 Å². The fourth-order valence-electron chi connectivity index (χ4n) is 13.8. The first-order chi connectivity index (χ1) is 36.9. The van der Waals surface area contributed by atoms with E-state index in [9.17, 15) is 0 Å². The summed E-state index contributed by atoms with van der Waals surface area (Å²) < 4.78 is 5.35. The number of anilines is 3. The predicted molar refractivity (Wildman–Crippen MR) is 323 cm³/mol. The number of benzene rings is 11. The van der Waals surface area contributed by atoms with Crippen LogP contribution in [0.2, 0.25) is 0 Å². The van der Waals surface area contributed by atoms with E-state index in [2.05, 4.69) is 250 Å². The fourth-order valence-corrected chi connectivity index (χ4v) is 16.1. The highest BCUT2D eigenvalue weighted by molar-refractivity contribution is 7.26. The van der Waals surface area contributed by atoms with Crippen molar-refractivity contribution in [2.45, 2.75) is 51.4 Å². The molecule has 1 atom stereocenters. The van der Waals surface area contributed by atoms with Crippen molar-refractivity contribution in [3.8, 4) is 22.3 Å². The first-order valence-electron chi connectivity index (χ1n) is 26.6. The molecule has 15 rings (SSSR count). The van der Waals surface area contributed by atoms with Crippen LogP contribution in [0.4, 0.5) is 17.1 Å². The summed E-state index contributed by atoms with van der Waals surface area (Å²) in [7, 11) is 0. The second-order valence-electron chi connectivity index (χ2n) is 21.1. The second-order valence-corrected chi connectivity index (χ2v) is 23.3. The van der Waals surface area contributed by atoms with Crippen molar-refractivity contribution in [1.82, 2.24) is 0 Å². The van der Waals surface area contributed by atoms with Gasteiger partial charge in [-0.3, -0.25) is 0 Å². The topological polar surface area (TPSA) is 3.24 Å². The molecule has 1 unspecified atom stereocenters. The Hall–Kier alpha value is -8.08. The van der Waals surface area contributed by atoms with E-state index in [1.54, 1.807) is 0 Å². The first-order valence-corrected chi connectivity index (χ1v) is 28.2. The number of hydrogen-bond donors (Lipinski definition) is 0. The van der Waals surface area contributed by atoms with Gasteiger partial charge < -0.3 is 4.90 Å². The monoisotopic (exact) mass is 995 g/mol. The van der Waals surface area contributed by atoms with Gasteiger partial charge >= 0.3 is 0 Å². The molecule has 0 bridgehead atoms. The van der Waals surface area contributed by atoms with Gasteiger partial charge in [-0.2, -0.15) is 0 Å². The van der Waals surface area contributed by atoms with Crippen LogP contribution in [0.15, 0.2) is 224 Å². The third-order valence-electron chi connectivity index (χ3n) is 17.0. The van der Waals surface area contributed by atoms with E-state index in [1.807, 2.05) is 22.7 Å². The average molecular weight is 996 g/mol. The standard InChI is InChI=1S/C72H53NS2/c1-44-34-38-51(46(3)40-44)47(41-49-19-16-32-67-69(49)57-24-9-14-30-65(57)74-67)35-36-48-42-62-70(55-23-6-5-20-52(48)55)56-39-37-50(43-61(56)72(62)59-26-11-7-21-53(59)54-22-8-12-27-60(54)72)73(63-28-13-4-18-45(63)2)64-29-17-33-68-71(64)58-25-10-15-31-66(58)75-68/h4-34,37-40,42-43,47H,35-36,41H2,1-3H3. The number of fused-ring (bicyclic) bond motifs is 18. The molecule has 358 valence electrons. The molecule has 75 heavy (non-hydrogen) atoms. The lowest BCUT2D eigenvalue weighted by molar-refractivity contribution is 0.620. The fraction of sp³-hybridized carbons (Fsp3) is 0.111. The number of nitrogens with zero attached hydrogens (tertiary/aromatic N) is 1. The molecular formula is C72H53NS2. The Morgan fingerprint density at radius 3 is 1.75 bits per heavy atom. The molecule has 13 aromatic rings. The van der Waals surface area contributed by atoms with Crippen molar-refractivity contribution in [3.63, 3.8) is 0 Å². The maximum Gasteiger partial charge on any atom is 0.0726 e. The average Bonchev–Trinajstić information content (AvgIpc) is 4.25. The maximum absolute atomic E-state index is 2.67. The molecule has 0 saturated carbocycles. The third-order valence-corrected chi connectivity index (χ3v) is 19.3. The van der Waals surface area contributed by atoms with E-state index < -0.39 is 5.41 Å². The molecule has 1 spiro atoms. The Morgan fingerprint density at radius 2 is 1.01 bits per heavy atom. The van der Waals surface area contributed by atoms with Gasteiger partial charge in [-0.1, -0.05) is 181 Å². The third kappa shape index (κ3) is 6.67. The van der Waals surface area contributed by atoms with Crippen LogP contribution in [0, 0.1) is 20.8 Å². The Labute approximate surface area is 446 Å². The van der Waals surface area contributed by atoms with E-state index in [4.69, 9.17) is 0 Å². The summed E-state index contributed by atoms with van der Waals surface area (Å²) in [6, 6.07) is 85.8. The molecule has 2 aliphatic carbocycles. The molecule has 2 aromatic heterocycles. The van der Waals surface area contributed by atoms with Crippen molar-refractivity contribution in [3.05, 3.63) is 280 Å². The Balaban J connectivity index is 0.943. The minimum Gasteiger partial charge on any atom is -0.310 e. The van der Waals surface area contributed by atoms with Crippen LogP contribution in [0.3, 0.4) is 0 Å². The largest absolute Gasteiger partial charge is 0.310 e. The van der Waals surface area contributed by atoms with E-state index in [0.29, 0.717) is 5.92 Å². The van der Waals surface area contributed by atoms with E-state index in [0.717, 1.165) is 24.9 Å². The minimum atomic E-state index is -0.548. The zero-order valence-corrected chi connectivity index (χ0v) is 44.0. The number of thiophene rings is 2. The molecule has 1 nitrogen and oxygen atoms in total. The van der Waals surface area contributed by atoms with Gasteiger partial charge in [-0.15, -0.1) is 22.7 Å². The second kappa shape index (κ2) is 17.2. The Kier molecular flexibility index (Phi) is 10.2. The van der Waals surface area contributed by atoms with Gasteiger partial charge in [-0.25, -0.2) is 0 Å². The van der Waals surface area contributed by atoms with Crippen LogP contribution in [0.25, 0.3) is 73.4 Å². The van der Waals surface area contributed by atoms with Crippen molar-refractivity contribution in [1.29, 1.82) is 0 Å². The number of rotatable bonds is 9. The molecule has 0 fully saturated rings. The van der Waals surface area contributed by atoms with Gasteiger partial charge in [-0.05, 0) is 178 Å². The zero-order chi connectivity index (χ0) is 49.9. The van der Waals surface area contributed by atoms with Gasteiger partial charge in [0.25, 0.3) is 0 Å². The predicted octanol–water partition coefficient (Wildman–Crippen LogP) is 20.3. The lowest BCUT2D eigenvalue weighted by atomic mass is 9.70. The summed E-state index contributed by atoms with van der Waals surface area (Å²) in [6.45, 7) is 6.81. The normalized spacial score (nSPS) is 13.5. The van der Waals surface area contributed by atoms with Crippen LogP contribution in [0.1, 0.15) is 68.0 Å². The highest BCUT2D eigenvalue weighted by Gasteiger charge is 2.52. The molecule has 0 N–H and O–H groups in total. The molecule has 2 heterocycles. The van der Waals surface area contributed by atoms with Crippen LogP contribution in [-0.4, -0.2) is 0 Å². The van der Waals surface area contributed by atoms with E-state index in [1.165, 1.54) is 140 Å². The SMILES string of the molecule is Cc1ccc(C(CCc2cc3c(c4ccccc24)-c2ccc(N(c4ccccc4C)c4cccc5sc6ccccc6c45)cc2C32c3ccccc3-c3ccccc32)Cc2cccc3sc4ccccc4c23)c(C)c1. The molecular weight excluding hydrogens is 943 g/mol. The number of aryl methyl sites for hydroxylation is 4. The quantitative estimate of drug-likeness (QED) is 0.139. The van der Waals surface area contributed by atoms with Crippen molar-refractivity contribution in [2.24, 2.45) is 0 Å². The van der Waals surface area contributed by atoms with Crippen LogP contribution in [0.5, 0.6) is 0 Å². The first kappa shape index (κ1) is 44.4. The van der Waals surface area contributed by atoms with Crippen LogP contribution in [-0.2, 0) is 18.3 Å². The van der Waals surface area contributed by atoms with E-state index in [-0.39, 0.29) is 0 Å². The summed E-state index contributed by atoms with van der Waals surface area (Å²) in [5.74, 6) is 0.320. The van der Waals surface area contributed by atoms with Crippen molar-refractivity contribution in [2.75, 3.05) is 4.90 Å². The highest BCUT2D eigenvalue weighted by Crippen LogP contribution is 2.65. The lowest BCUT2D eigenvalue weighted by Crippen LogP contribution is -2.26. The van der Waals surface area contributed by atoms with Gasteiger partial charge in [0.2, 0.25) is 0 Å². The lowest BCUT2D eigenvalue weighted by Gasteiger charge is -2.33. The summed E-state index contributed by atoms with van der Waals surface area (Å²) in [5.41, 5.74) is 22.0. The highest BCUT2D eigenvalue weighted by atomic mass is 32.1.